The van der Waals surface area contributed by atoms with E-state index < -0.39 is 21.9 Å². The maximum atomic E-state index is 12.8. The fraction of sp³-hybridized carbons (Fsp3) is 0.533. The van der Waals surface area contributed by atoms with E-state index in [-0.39, 0.29) is 18.9 Å². The molecule has 1 unspecified atom stereocenters. The Morgan fingerprint density at radius 2 is 1.96 bits per heavy atom. The van der Waals surface area contributed by atoms with Crippen molar-refractivity contribution in [2.24, 2.45) is 5.92 Å². The lowest BCUT2D eigenvalue weighted by molar-refractivity contribution is -0.128. The normalized spacial score (nSPS) is 21.3. The summed E-state index contributed by atoms with van der Waals surface area (Å²) in [6.07, 6.45) is 0.877. The Balaban J connectivity index is 1.67. The van der Waals surface area contributed by atoms with E-state index in [9.17, 15) is 17.1 Å². The molecule has 1 aromatic rings. The number of nitrogens with zero attached hydrogens (tertiary/aromatic N) is 1. The zero-order chi connectivity index (χ0) is 16.4. The van der Waals surface area contributed by atoms with Crippen LogP contribution < -0.4 is 9.47 Å². The minimum atomic E-state index is -4.56. The average molecular weight is 343 g/mol. The van der Waals surface area contributed by atoms with Crippen molar-refractivity contribution < 1.29 is 26.6 Å². The summed E-state index contributed by atoms with van der Waals surface area (Å²) in [4.78, 5) is 13.5. The lowest BCUT2D eigenvalue weighted by Crippen LogP contribution is -2.25. The molecule has 1 atom stereocenters. The number of rotatable bonds is 4. The van der Waals surface area contributed by atoms with Gasteiger partial charge in [0.25, 0.3) is 0 Å². The van der Waals surface area contributed by atoms with Gasteiger partial charge in [0.15, 0.2) is 11.5 Å². The molecule has 0 bridgehead atoms. The van der Waals surface area contributed by atoms with Gasteiger partial charge in [-0.25, -0.2) is 0 Å². The van der Waals surface area contributed by atoms with E-state index in [2.05, 4.69) is 0 Å². The third-order valence-electron chi connectivity index (χ3n) is 3.91. The maximum Gasteiger partial charge on any atom is 0.302 e. The summed E-state index contributed by atoms with van der Waals surface area (Å²) in [6, 6.07) is 5.48. The predicted octanol–water partition coefficient (Wildman–Crippen LogP) is 1.50. The molecule has 6 nitrogen and oxygen atoms in total. The van der Waals surface area contributed by atoms with E-state index in [0.29, 0.717) is 31.3 Å². The molecule has 0 N–H and O–H groups in total. The van der Waals surface area contributed by atoms with Crippen molar-refractivity contribution in [1.82, 2.24) is 4.90 Å². The highest BCUT2D eigenvalue weighted by atomic mass is 32.3. The van der Waals surface area contributed by atoms with Crippen molar-refractivity contribution in [1.29, 1.82) is 0 Å². The van der Waals surface area contributed by atoms with Crippen LogP contribution in [-0.2, 0) is 21.6 Å². The number of ether oxygens (including phenoxy) is 2. The molecule has 1 saturated heterocycles. The summed E-state index contributed by atoms with van der Waals surface area (Å²) < 4.78 is 45.4. The van der Waals surface area contributed by atoms with Crippen LogP contribution in [0.5, 0.6) is 11.5 Å². The Hall–Kier alpha value is -1.83. The highest BCUT2D eigenvalue weighted by Gasteiger charge is 2.32. The fourth-order valence-corrected chi connectivity index (χ4v) is 3.71. The molecule has 1 fully saturated rings. The molecule has 0 saturated carbocycles. The van der Waals surface area contributed by atoms with E-state index >= 15 is 0 Å². The number of amides is 1. The Labute approximate surface area is 134 Å². The molecule has 2 aliphatic rings. The van der Waals surface area contributed by atoms with Crippen LogP contribution in [0.4, 0.5) is 3.89 Å². The van der Waals surface area contributed by atoms with E-state index in [1.807, 2.05) is 12.1 Å². The van der Waals surface area contributed by atoms with E-state index in [1.165, 1.54) is 0 Å². The van der Waals surface area contributed by atoms with Gasteiger partial charge >= 0.3 is 10.2 Å². The number of hydrogen-bond donors (Lipinski definition) is 0. The van der Waals surface area contributed by atoms with E-state index in [1.54, 1.807) is 11.0 Å². The lowest BCUT2D eigenvalue weighted by atomic mass is 10.1. The lowest BCUT2D eigenvalue weighted by Gasteiger charge is -2.17. The quantitative estimate of drug-likeness (QED) is 0.775. The summed E-state index contributed by atoms with van der Waals surface area (Å²) in [5.41, 5.74) is 0.867. The summed E-state index contributed by atoms with van der Waals surface area (Å²) in [7, 11) is -4.56. The molecule has 2 aliphatic heterocycles. The van der Waals surface area contributed by atoms with Gasteiger partial charge in [-0.2, -0.15) is 8.42 Å². The first-order valence-electron chi connectivity index (χ1n) is 7.49. The van der Waals surface area contributed by atoms with Crippen LogP contribution in [0.15, 0.2) is 18.2 Å². The van der Waals surface area contributed by atoms with Crippen molar-refractivity contribution in [2.75, 3.05) is 25.5 Å². The van der Waals surface area contributed by atoms with Crippen LogP contribution in [0.3, 0.4) is 0 Å². The number of halogens is 1. The van der Waals surface area contributed by atoms with Crippen LogP contribution in [0.2, 0.25) is 0 Å². The molecule has 126 valence electrons. The number of likely N-dealkylation sites (tertiary alicyclic amines) is 1. The SMILES string of the molecule is O=C1CC(CS(=O)(=O)F)CN1Cc1ccc2c(c1)OCCCO2. The van der Waals surface area contributed by atoms with Crippen LogP contribution in [0.1, 0.15) is 18.4 Å². The largest absolute Gasteiger partial charge is 0.490 e. The van der Waals surface area contributed by atoms with Gasteiger partial charge in [-0.1, -0.05) is 6.07 Å². The zero-order valence-corrected chi connectivity index (χ0v) is 13.4. The van der Waals surface area contributed by atoms with Crippen LogP contribution >= 0.6 is 0 Å². The standard InChI is InChI=1S/C15H18FNO5S/c16-23(19,20)10-12-7-15(18)17(9-12)8-11-2-3-13-14(6-11)22-5-1-4-21-13/h2-3,6,12H,1,4-5,7-10H2. The summed E-state index contributed by atoms with van der Waals surface area (Å²) in [5, 5.41) is 0. The van der Waals surface area contributed by atoms with Crippen molar-refractivity contribution in [3.05, 3.63) is 23.8 Å². The van der Waals surface area contributed by atoms with Gasteiger partial charge in [-0.15, -0.1) is 3.89 Å². The number of carbonyl (C=O) groups is 1. The van der Waals surface area contributed by atoms with Gasteiger partial charge in [0.2, 0.25) is 5.91 Å². The minimum Gasteiger partial charge on any atom is -0.490 e. The molecule has 0 aliphatic carbocycles. The molecule has 1 aromatic carbocycles. The highest BCUT2D eigenvalue weighted by Crippen LogP contribution is 2.31. The monoisotopic (exact) mass is 343 g/mol. The Morgan fingerprint density at radius 3 is 2.70 bits per heavy atom. The highest BCUT2D eigenvalue weighted by molar-refractivity contribution is 7.86. The van der Waals surface area contributed by atoms with Crippen LogP contribution in [-0.4, -0.2) is 44.7 Å². The first-order chi connectivity index (χ1) is 10.9. The zero-order valence-electron chi connectivity index (χ0n) is 12.5. The minimum absolute atomic E-state index is 0.0632. The average Bonchev–Trinajstić information content (AvgIpc) is 2.67. The molecule has 8 heteroatoms. The molecule has 0 aromatic heterocycles. The van der Waals surface area contributed by atoms with Crippen molar-refractivity contribution >= 4 is 16.1 Å². The molecular formula is C15H18FNO5S. The Bertz CT molecular complexity index is 706. The van der Waals surface area contributed by atoms with E-state index in [4.69, 9.17) is 9.47 Å². The summed E-state index contributed by atoms with van der Waals surface area (Å²) in [6.45, 7) is 1.78. The topological polar surface area (TPSA) is 72.9 Å². The van der Waals surface area contributed by atoms with Gasteiger partial charge in [-0.05, 0) is 17.7 Å². The van der Waals surface area contributed by atoms with E-state index in [0.717, 1.165) is 12.0 Å². The first-order valence-corrected chi connectivity index (χ1v) is 9.04. The Kier molecular flexibility index (Phi) is 4.43. The molecular weight excluding hydrogens is 325 g/mol. The predicted molar refractivity (Wildman–Crippen MR) is 80.5 cm³/mol. The second kappa shape index (κ2) is 6.35. The van der Waals surface area contributed by atoms with Gasteiger partial charge in [0.05, 0.1) is 19.0 Å². The van der Waals surface area contributed by atoms with Gasteiger partial charge in [0, 0.05) is 31.8 Å². The van der Waals surface area contributed by atoms with Crippen molar-refractivity contribution in [2.45, 2.75) is 19.4 Å². The molecule has 1 amide bonds. The second-order valence-electron chi connectivity index (χ2n) is 5.88. The van der Waals surface area contributed by atoms with Crippen LogP contribution in [0, 0.1) is 5.92 Å². The van der Waals surface area contributed by atoms with Gasteiger partial charge in [-0.3, -0.25) is 4.79 Å². The summed E-state index contributed by atoms with van der Waals surface area (Å²) >= 11 is 0. The van der Waals surface area contributed by atoms with Crippen molar-refractivity contribution in [3.63, 3.8) is 0 Å². The third kappa shape index (κ3) is 4.13. The van der Waals surface area contributed by atoms with Gasteiger partial charge in [0.1, 0.15) is 0 Å². The molecule has 23 heavy (non-hydrogen) atoms. The summed E-state index contributed by atoms with van der Waals surface area (Å²) in [5.74, 6) is 0.0784. The number of benzene rings is 1. The molecule has 0 radical (unpaired) electrons. The van der Waals surface area contributed by atoms with Crippen LogP contribution in [0.25, 0.3) is 0 Å². The van der Waals surface area contributed by atoms with Crippen molar-refractivity contribution in [3.8, 4) is 11.5 Å². The maximum absolute atomic E-state index is 12.8. The first kappa shape index (κ1) is 16.0. The number of fused-ring (bicyclic) bond motifs is 1. The third-order valence-corrected chi connectivity index (χ3v) is 4.78. The molecule has 3 rings (SSSR count). The fourth-order valence-electron chi connectivity index (χ4n) is 2.93. The Morgan fingerprint density at radius 1 is 1.22 bits per heavy atom. The smallest absolute Gasteiger partial charge is 0.302 e. The van der Waals surface area contributed by atoms with Gasteiger partial charge < -0.3 is 14.4 Å². The number of hydrogen-bond acceptors (Lipinski definition) is 5. The molecule has 0 spiro atoms. The molecule has 2 heterocycles. The second-order valence-corrected chi connectivity index (χ2v) is 7.29. The number of carbonyl (C=O) groups excluding carboxylic acids is 1.